The monoisotopic (exact) mass is 320 g/mol. The van der Waals surface area contributed by atoms with E-state index >= 15 is 0 Å². The molecule has 0 spiro atoms. The summed E-state index contributed by atoms with van der Waals surface area (Å²) in [7, 11) is 0. The number of ether oxygens (including phenoxy) is 1. The van der Waals surface area contributed by atoms with Crippen LogP contribution in [0.1, 0.15) is 35.8 Å². The number of benzene rings is 1. The van der Waals surface area contributed by atoms with Crippen molar-refractivity contribution in [2.24, 2.45) is 5.92 Å². The van der Waals surface area contributed by atoms with Crippen LogP contribution in [0.3, 0.4) is 0 Å². The molecular formula is C16H17ClN2O3. The van der Waals surface area contributed by atoms with Gasteiger partial charge in [0.2, 0.25) is 0 Å². The number of aliphatic hydroxyl groups is 1. The molecule has 0 radical (unpaired) electrons. The van der Waals surface area contributed by atoms with Gasteiger partial charge >= 0.3 is 0 Å². The van der Waals surface area contributed by atoms with Crippen molar-refractivity contribution in [3.8, 4) is 0 Å². The van der Waals surface area contributed by atoms with Crippen molar-refractivity contribution in [3.63, 3.8) is 0 Å². The molecule has 5 nitrogen and oxygen atoms in total. The minimum absolute atomic E-state index is 0.158. The van der Waals surface area contributed by atoms with E-state index < -0.39 is 6.10 Å². The second-order valence-electron chi connectivity index (χ2n) is 5.57. The van der Waals surface area contributed by atoms with E-state index in [9.17, 15) is 9.90 Å². The number of aromatic amines is 1. The molecular weight excluding hydrogens is 304 g/mol. The zero-order chi connectivity index (χ0) is 15.5. The summed E-state index contributed by atoms with van der Waals surface area (Å²) >= 11 is 5.87. The van der Waals surface area contributed by atoms with Crippen LogP contribution in [0, 0.1) is 5.92 Å². The maximum atomic E-state index is 10.6. The van der Waals surface area contributed by atoms with E-state index in [-0.39, 0.29) is 6.10 Å². The normalized spacial score (nSPS) is 17.0. The summed E-state index contributed by atoms with van der Waals surface area (Å²) in [4.78, 5) is 10.6. The molecule has 2 N–H and O–H groups in total. The number of carbonyl (C=O) groups is 1. The number of hydrogen-bond acceptors (Lipinski definition) is 4. The highest BCUT2D eigenvalue weighted by molar-refractivity contribution is 6.30. The van der Waals surface area contributed by atoms with Gasteiger partial charge in [-0.3, -0.25) is 9.89 Å². The minimum atomic E-state index is -0.790. The maximum absolute atomic E-state index is 10.6. The van der Waals surface area contributed by atoms with Crippen LogP contribution in [0.5, 0.6) is 0 Å². The van der Waals surface area contributed by atoms with E-state index in [1.165, 1.54) is 0 Å². The van der Waals surface area contributed by atoms with Gasteiger partial charge < -0.3 is 9.84 Å². The standard InChI is InChI=1S/C16H17ClN2O3/c17-12-5-3-11(4-6-12)16(21)13-8-18-19-14(13)7-15(22-9-20)10-1-2-10/h3-6,8-10,15-16,21H,1-2,7H2,(H,18,19). The summed E-state index contributed by atoms with van der Waals surface area (Å²) in [6, 6.07) is 7.04. The molecule has 0 saturated heterocycles. The van der Waals surface area contributed by atoms with Gasteiger partial charge in [-0.15, -0.1) is 0 Å². The molecule has 1 aliphatic rings. The smallest absolute Gasteiger partial charge is 0.293 e. The van der Waals surface area contributed by atoms with Crippen molar-refractivity contribution < 1.29 is 14.6 Å². The van der Waals surface area contributed by atoms with Gasteiger partial charge in [-0.25, -0.2) is 0 Å². The topological polar surface area (TPSA) is 75.2 Å². The predicted octanol–water partition coefficient (Wildman–Crippen LogP) is 2.64. The number of aromatic nitrogens is 2. The second-order valence-corrected chi connectivity index (χ2v) is 6.01. The Morgan fingerprint density at radius 3 is 2.77 bits per heavy atom. The van der Waals surface area contributed by atoms with E-state index in [0.29, 0.717) is 29.4 Å². The van der Waals surface area contributed by atoms with Gasteiger partial charge in [0, 0.05) is 22.7 Å². The number of H-pyrrole nitrogens is 1. The maximum Gasteiger partial charge on any atom is 0.293 e. The summed E-state index contributed by atoms with van der Waals surface area (Å²) in [6.07, 6.45) is 3.34. The van der Waals surface area contributed by atoms with E-state index in [1.807, 2.05) is 0 Å². The number of halogens is 1. The number of nitrogens with one attached hydrogen (secondary N) is 1. The van der Waals surface area contributed by atoms with Gasteiger partial charge in [0.25, 0.3) is 6.47 Å². The SMILES string of the molecule is O=COC(Cc1[nH]ncc1C(O)c1ccc(Cl)cc1)C1CC1. The van der Waals surface area contributed by atoms with E-state index in [2.05, 4.69) is 10.2 Å². The van der Waals surface area contributed by atoms with Crippen molar-refractivity contribution >= 4 is 18.1 Å². The van der Waals surface area contributed by atoms with Crippen molar-refractivity contribution in [1.29, 1.82) is 0 Å². The average Bonchev–Trinajstić information content (AvgIpc) is 3.27. The van der Waals surface area contributed by atoms with Crippen LogP contribution in [0.15, 0.2) is 30.5 Å². The number of hydrogen-bond donors (Lipinski definition) is 2. The first-order valence-electron chi connectivity index (χ1n) is 7.24. The first-order chi connectivity index (χ1) is 10.7. The zero-order valence-electron chi connectivity index (χ0n) is 11.9. The molecule has 22 heavy (non-hydrogen) atoms. The van der Waals surface area contributed by atoms with Gasteiger partial charge in [-0.05, 0) is 36.5 Å². The number of carbonyl (C=O) groups excluding carboxylic acids is 1. The predicted molar refractivity (Wildman–Crippen MR) is 81.5 cm³/mol. The van der Waals surface area contributed by atoms with Crippen LogP contribution in [0.25, 0.3) is 0 Å². The molecule has 1 aliphatic carbocycles. The summed E-state index contributed by atoms with van der Waals surface area (Å²) in [5.74, 6) is 0.411. The first kappa shape index (κ1) is 15.1. The molecule has 1 heterocycles. The first-order valence-corrected chi connectivity index (χ1v) is 7.61. The highest BCUT2D eigenvalue weighted by Gasteiger charge is 2.34. The summed E-state index contributed by atoms with van der Waals surface area (Å²) in [6.45, 7) is 0.495. The Kier molecular flexibility index (Phi) is 4.45. The van der Waals surface area contributed by atoms with Gasteiger partial charge in [0.15, 0.2) is 0 Å². The molecule has 116 valence electrons. The molecule has 0 aliphatic heterocycles. The minimum Gasteiger partial charge on any atom is -0.464 e. The summed E-state index contributed by atoms with van der Waals surface area (Å²) in [5, 5.41) is 18.1. The lowest BCUT2D eigenvalue weighted by Gasteiger charge is -2.16. The highest BCUT2D eigenvalue weighted by Crippen LogP contribution is 2.36. The van der Waals surface area contributed by atoms with E-state index in [4.69, 9.17) is 16.3 Å². The Morgan fingerprint density at radius 1 is 1.41 bits per heavy atom. The summed E-state index contributed by atoms with van der Waals surface area (Å²) < 4.78 is 5.17. The van der Waals surface area contributed by atoms with Gasteiger partial charge in [-0.1, -0.05) is 23.7 Å². The van der Waals surface area contributed by atoms with Crippen LogP contribution in [0.4, 0.5) is 0 Å². The van der Waals surface area contributed by atoms with Gasteiger partial charge in [0.1, 0.15) is 12.2 Å². The van der Waals surface area contributed by atoms with Crippen LogP contribution in [0.2, 0.25) is 5.02 Å². The van der Waals surface area contributed by atoms with Crippen molar-refractivity contribution in [1.82, 2.24) is 10.2 Å². The third kappa shape index (κ3) is 3.31. The van der Waals surface area contributed by atoms with Crippen LogP contribution < -0.4 is 0 Å². The molecule has 2 aromatic rings. The summed E-state index contributed by atoms with van der Waals surface area (Å²) in [5.41, 5.74) is 2.23. The lowest BCUT2D eigenvalue weighted by atomic mass is 9.99. The Balaban J connectivity index is 1.78. The average molecular weight is 321 g/mol. The van der Waals surface area contributed by atoms with Crippen LogP contribution in [-0.4, -0.2) is 27.9 Å². The van der Waals surface area contributed by atoms with Gasteiger partial charge in [0.05, 0.1) is 6.20 Å². The zero-order valence-corrected chi connectivity index (χ0v) is 12.7. The lowest BCUT2D eigenvalue weighted by molar-refractivity contribution is -0.134. The molecule has 1 aromatic heterocycles. The third-order valence-corrected chi connectivity index (χ3v) is 4.27. The quantitative estimate of drug-likeness (QED) is 0.769. The number of nitrogens with zero attached hydrogens (tertiary/aromatic N) is 1. The van der Waals surface area contributed by atoms with Crippen LogP contribution >= 0.6 is 11.6 Å². The molecule has 1 saturated carbocycles. The van der Waals surface area contributed by atoms with Crippen molar-refractivity contribution in [2.45, 2.75) is 31.5 Å². The van der Waals surface area contributed by atoms with E-state index in [1.54, 1.807) is 30.5 Å². The number of rotatable bonds is 7. The molecule has 2 unspecified atom stereocenters. The van der Waals surface area contributed by atoms with Crippen molar-refractivity contribution in [3.05, 3.63) is 52.3 Å². The third-order valence-electron chi connectivity index (χ3n) is 4.02. The van der Waals surface area contributed by atoms with E-state index in [0.717, 1.165) is 24.1 Å². The Labute approximate surface area is 133 Å². The molecule has 0 bridgehead atoms. The fourth-order valence-corrected chi connectivity index (χ4v) is 2.74. The fourth-order valence-electron chi connectivity index (χ4n) is 2.61. The Hall–Kier alpha value is -1.85. The highest BCUT2D eigenvalue weighted by atomic mass is 35.5. The van der Waals surface area contributed by atoms with Crippen molar-refractivity contribution in [2.75, 3.05) is 0 Å². The van der Waals surface area contributed by atoms with Gasteiger partial charge in [-0.2, -0.15) is 5.10 Å². The Morgan fingerprint density at radius 2 is 2.14 bits per heavy atom. The second kappa shape index (κ2) is 6.50. The lowest BCUT2D eigenvalue weighted by Crippen LogP contribution is -2.19. The molecule has 2 atom stereocenters. The molecule has 1 fully saturated rings. The number of aliphatic hydroxyl groups excluding tert-OH is 1. The molecule has 3 rings (SSSR count). The molecule has 0 amide bonds. The largest absolute Gasteiger partial charge is 0.464 e. The van der Waals surface area contributed by atoms with Crippen LogP contribution in [-0.2, 0) is 16.0 Å². The Bertz CT molecular complexity index is 637. The molecule has 6 heteroatoms. The molecule has 1 aromatic carbocycles. The fraction of sp³-hybridized carbons (Fsp3) is 0.375.